The van der Waals surface area contributed by atoms with Gasteiger partial charge in [0.15, 0.2) is 11.5 Å². The zero-order chi connectivity index (χ0) is 13.7. The predicted octanol–water partition coefficient (Wildman–Crippen LogP) is 0.922. The molecule has 1 aliphatic rings. The van der Waals surface area contributed by atoms with Gasteiger partial charge in [-0.3, -0.25) is 9.59 Å². The van der Waals surface area contributed by atoms with E-state index in [1.54, 1.807) is 18.2 Å². The van der Waals surface area contributed by atoms with Crippen molar-refractivity contribution in [1.82, 2.24) is 5.32 Å². The van der Waals surface area contributed by atoms with Gasteiger partial charge in [0.25, 0.3) is 0 Å². The molecule has 1 aromatic carbocycles. The summed E-state index contributed by atoms with van der Waals surface area (Å²) in [4.78, 5) is 22.3. The Morgan fingerprint density at radius 2 is 1.95 bits per heavy atom. The summed E-state index contributed by atoms with van der Waals surface area (Å²) in [6, 6.07) is 5.24. The summed E-state index contributed by atoms with van der Waals surface area (Å²) in [5, 5.41) is 5.31. The fourth-order valence-corrected chi connectivity index (χ4v) is 1.70. The SMILES string of the molecule is CC(=O)NCCC(=O)Nc1ccc2c(c1)OCCO2. The Morgan fingerprint density at radius 1 is 1.21 bits per heavy atom. The van der Waals surface area contributed by atoms with Crippen molar-refractivity contribution in [2.24, 2.45) is 0 Å². The molecule has 102 valence electrons. The quantitative estimate of drug-likeness (QED) is 0.848. The monoisotopic (exact) mass is 264 g/mol. The van der Waals surface area contributed by atoms with Crippen molar-refractivity contribution in [2.45, 2.75) is 13.3 Å². The molecule has 0 saturated heterocycles. The van der Waals surface area contributed by atoms with E-state index in [0.29, 0.717) is 36.9 Å². The third kappa shape index (κ3) is 3.87. The van der Waals surface area contributed by atoms with Crippen LogP contribution >= 0.6 is 0 Å². The molecule has 0 aliphatic carbocycles. The van der Waals surface area contributed by atoms with Gasteiger partial charge in [-0.25, -0.2) is 0 Å². The first kappa shape index (κ1) is 13.2. The van der Waals surface area contributed by atoms with Crippen molar-refractivity contribution in [2.75, 3.05) is 25.1 Å². The van der Waals surface area contributed by atoms with Crippen LogP contribution in [-0.4, -0.2) is 31.6 Å². The number of benzene rings is 1. The number of fused-ring (bicyclic) bond motifs is 1. The third-order valence-corrected chi connectivity index (χ3v) is 2.55. The molecule has 0 spiro atoms. The molecular formula is C13H16N2O4. The minimum Gasteiger partial charge on any atom is -0.486 e. The summed E-state index contributed by atoms with van der Waals surface area (Å²) >= 11 is 0. The highest BCUT2D eigenvalue weighted by Crippen LogP contribution is 2.32. The Hall–Kier alpha value is -2.24. The molecule has 2 amide bonds. The zero-order valence-corrected chi connectivity index (χ0v) is 10.7. The van der Waals surface area contributed by atoms with Crippen LogP contribution < -0.4 is 20.1 Å². The summed E-state index contributed by atoms with van der Waals surface area (Å²) in [6.07, 6.45) is 0.230. The van der Waals surface area contributed by atoms with Gasteiger partial charge in [-0.05, 0) is 12.1 Å². The van der Waals surface area contributed by atoms with Gasteiger partial charge in [0, 0.05) is 31.6 Å². The number of hydrogen-bond acceptors (Lipinski definition) is 4. The van der Waals surface area contributed by atoms with Crippen molar-refractivity contribution >= 4 is 17.5 Å². The predicted molar refractivity (Wildman–Crippen MR) is 69.4 cm³/mol. The first-order valence-electron chi connectivity index (χ1n) is 6.09. The van der Waals surface area contributed by atoms with E-state index in [0.717, 1.165) is 0 Å². The number of carbonyl (C=O) groups excluding carboxylic acids is 2. The number of ether oxygens (including phenoxy) is 2. The molecule has 2 N–H and O–H groups in total. The molecule has 19 heavy (non-hydrogen) atoms. The average molecular weight is 264 g/mol. The van der Waals surface area contributed by atoms with Gasteiger partial charge in [0.05, 0.1) is 0 Å². The van der Waals surface area contributed by atoms with Crippen LogP contribution in [0, 0.1) is 0 Å². The van der Waals surface area contributed by atoms with Crippen LogP contribution in [0.3, 0.4) is 0 Å². The minimum absolute atomic E-state index is 0.146. The van der Waals surface area contributed by atoms with E-state index in [9.17, 15) is 9.59 Å². The van der Waals surface area contributed by atoms with E-state index in [4.69, 9.17) is 9.47 Å². The van der Waals surface area contributed by atoms with Gasteiger partial charge in [-0.1, -0.05) is 0 Å². The van der Waals surface area contributed by atoms with Gasteiger partial charge in [0.2, 0.25) is 11.8 Å². The fraction of sp³-hybridized carbons (Fsp3) is 0.385. The third-order valence-electron chi connectivity index (χ3n) is 2.55. The average Bonchev–Trinajstić information content (AvgIpc) is 2.38. The molecule has 1 aromatic rings. The summed E-state index contributed by atoms with van der Waals surface area (Å²) < 4.78 is 10.8. The van der Waals surface area contributed by atoms with E-state index < -0.39 is 0 Å². The molecule has 0 radical (unpaired) electrons. The maximum Gasteiger partial charge on any atom is 0.226 e. The minimum atomic E-state index is -0.162. The standard InChI is InChI=1S/C13H16N2O4/c1-9(16)14-5-4-13(17)15-10-2-3-11-12(8-10)19-7-6-18-11/h2-3,8H,4-7H2,1H3,(H,14,16)(H,15,17). The second-order valence-corrected chi connectivity index (χ2v) is 4.14. The molecule has 0 fully saturated rings. The van der Waals surface area contributed by atoms with E-state index in [-0.39, 0.29) is 18.2 Å². The van der Waals surface area contributed by atoms with E-state index in [1.807, 2.05) is 0 Å². The molecule has 2 rings (SSSR count). The van der Waals surface area contributed by atoms with Gasteiger partial charge in [-0.2, -0.15) is 0 Å². The van der Waals surface area contributed by atoms with Crippen LogP contribution in [0.15, 0.2) is 18.2 Å². The molecule has 0 aromatic heterocycles. The number of carbonyl (C=O) groups is 2. The Balaban J connectivity index is 1.88. The number of hydrogen-bond donors (Lipinski definition) is 2. The van der Waals surface area contributed by atoms with Crippen LogP contribution in [0.2, 0.25) is 0 Å². The van der Waals surface area contributed by atoms with Crippen LogP contribution in [0.25, 0.3) is 0 Å². The maximum absolute atomic E-state index is 11.6. The molecule has 0 saturated carbocycles. The lowest BCUT2D eigenvalue weighted by Crippen LogP contribution is -2.25. The molecule has 6 heteroatoms. The first-order chi connectivity index (χ1) is 9.15. The van der Waals surface area contributed by atoms with Gasteiger partial charge in [0.1, 0.15) is 13.2 Å². The van der Waals surface area contributed by atoms with Gasteiger partial charge >= 0.3 is 0 Å². The van der Waals surface area contributed by atoms with Crippen molar-refractivity contribution < 1.29 is 19.1 Å². The normalized spacial score (nSPS) is 12.7. The molecule has 1 aliphatic heterocycles. The lowest BCUT2D eigenvalue weighted by molar-refractivity contribution is -0.119. The molecular weight excluding hydrogens is 248 g/mol. The summed E-state index contributed by atoms with van der Waals surface area (Å²) in [6.45, 7) is 2.78. The van der Waals surface area contributed by atoms with Crippen molar-refractivity contribution in [3.8, 4) is 11.5 Å². The van der Waals surface area contributed by atoms with Crippen LogP contribution in [0.1, 0.15) is 13.3 Å². The van der Waals surface area contributed by atoms with Gasteiger partial charge in [-0.15, -0.1) is 0 Å². The second-order valence-electron chi connectivity index (χ2n) is 4.14. The highest BCUT2D eigenvalue weighted by molar-refractivity contribution is 5.91. The molecule has 6 nitrogen and oxygen atoms in total. The van der Waals surface area contributed by atoms with Crippen molar-refractivity contribution in [3.05, 3.63) is 18.2 Å². The number of amides is 2. The zero-order valence-electron chi connectivity index (χ0n) is 10.7. The Labute approximate surface area is 111 Å². The summed E-state index contributed by atoms with van der Waals surface area (Å²) in [7, 11) is 0. The molecule has 0 unspecified atom stereocenters. The summed E-state index contributed by atoms with van der Waals surface area (Å²) in [5.74, 6) is 1.01. The van der Waals surface area contributed by atoms with E-state index in [1.165, 1.54) is 6.92 Å². The Morgan fingerprint density at radius 3 is 2.68 bits per heavy atom. The van der Waals surface area contributed by atoms with Crippen LogP contribution in [0.4, 0.5) is 5.69 Å². The molecule has 0 atom stereocenters. The number of nitrogens with one attached hydrogen (secondary N) is 2. The smallest absolute Gasteiger partial charge is 0.226 e. The first-order valence-corrected chi connectivity index (χ1v) is 6.09. The topological polar surface area (TPSA) is 76.7 Å². The molecule has 1 heterocycles. The number of anilines is 1. The van der Waals surface area contributed by atoms with Crippen molar-refractivity contribution in [3.63, 3.8) is 0 Å². The highest BCUT2D eigenvalue weighted by Gasteiger charge is 2.12. The number of rotatable bonds is 4. The second kappa shape index (κ2) is 6.08. The fourth-order valence-electron chi connectivity index (χ4n) is 1.70. The van der Waals surface area contributed by atoms with Gasteiger partial charge < -0.3 is 20.1 Å². The molecule has 0 bridgehead atoms. The Bertz CT molecular complexity index is 488. The van der Waals surface area contributed by atoms with E-state index in [2.05, 4.69) is 10.6 Å². The van der Waals surface area contributed by atoms with Crippen molar-refractivity contribution in [1.29, 1.82) is 0 Å². The summed E-state index contributed by atoms with van der Waals surface area (Å²) in [5.41, 5.74) is 0.650. The van der Waals surface area contributed by atoms with Crippen LogP contribution in [-0.2, 0) is 9.59 Å². The maximum atomic E-state index is 11.6. The van der Waals surface area contributed by atoms with E-state index >= 15 is 0 Å². The lowest BCUT2D eigenvalue weighted by atomic mass is 10.2. The largest absolute Gasteiger partial charge is 0.486 e. The lowest BCUT2D eigenvalue weighted by Gasteiger charge is -2.19. The van der Waals surface area contributed by atoms with Crippen LogP contribution in [0.5, 0.6) is 11.5 Å². The Kier molecular flexibility index (Phi) is 4.22. The highest BCUT2D eigenvalue weighted by atomic mass is 16.6.